The van der Waals surface area contributed by atoms with Crippen molar-refractivity contribution in [1.82, 2.24) is 14.7 Å². The molecule has 1 N–H and O–H groups in total. The molecule has 0 aliphatic carbocycles. The van der Waals surface area contributed by atoms with Gasteiger partial charge in [0.2, 0.25) is 0 Å². The lowest BCUT2D eigenvalue weighted by molar-refractivity contribution is 0.0541. The van der Waals surface area contributed by atoms with Gasteiger partial charge in [-0.25, -0.2) is 9.07 Å². The van der Waals surface area contributed by atoms with E-state index in [0.717, 1.165) is 0 Å². The van der Waals surface area contributed by atoms with E-state index >= 15 is 0 Å². The average molecular weight is 289 g/mol. The number of hydrogen-bond donors (Lipinski definition) is 1. The molecule has 0 radical (unpaired) electrons. The van der Waals surface area contributed by atoms with Gasteiger partial charge < -0.3 is 10.0 Å². The molecule has 3 rings (SSSR count). The molecule has 6 heteroatoms. The number of halogens is 1. The van der Waals surface area contributed by atoms with Crippen molar-refractivity contribution in [3.63, 3.8) is 0 Å². The Bertz CT molecular complexity index is 648. The van der Waals surface area contributed by atoms with Gasteiger partial charge in [0.05, 0.1) is 6.10 Å². The zero-order chi connectivity index (χ0) is 14.8. The van der Waals surface area contributed by atoms with Crippen molar-refractivity contribution in [2.45, 2.75) is 18.9 Å². The molecule has 0 spiro atoms. The quantitative estimate of drug-likeness (QED) is 0.913. The highest BCUT2D eigenvalue weighted by molar-refractivity contribution is 5.92. The summed E-state index contributed by atoms with van der Waals surface area (Å²) in [5.41, 5.74) is 0.597. The highest BCUT2D eigenvalue weighted by atomic mass is 19.1. The van der Waals surface area contributed by atoms with Crippen LogP contribution >= 0.6 is 0 Å². The molecule has 1 aliphatic heterocycles. The van der Waals surface area contributed by atoms with Crippen LogP contribution in [-0.4, -0.2) is 44.9 Å². The van der Waals surface area contributed by atoms with Gasteiger partial charge >= 0.3 is 0 Å². The van der Waals surface area contributed by atoms with Gasteiger partial charge in [-0.05, 0) is 31.0 Å². The van der Waals surface area contributed by atoms with E-state index in [1.165, 1.54) is 10.7 Å². The van der Waals surface area contributed by atoms with Crippen LogP contribution in [0.3, 0.4) is 0 Å². The zero-order valence-electron chi connectivity index (χ0n) is 11.4. The molecule has 0 saturated carbocycles. The number of carbonyl (C=O) groups is 1. The van der Waals surface area contributed by atoms with Gasteiger partial charge in [-0.1, -0.05) is 12.1 Å². The number of benzene rings is 1. The first kappa shape index (κ1) is 13.8. The third-order valence-corrected chi connectivity index (χ3v) is 3.66. The number of aromatic nitrogens is 2. The second-order valence-corrected chi connectivity index (χ2v) is 5.12. The number of nitrogens with zero attached hydrogens (tertiary/aromatic N) is 3. The number of likely N-dealkylation sites (tertiary alicyclic amines) is 1. The van der Waals surface area contributed by atoms with E-state index in [1.54, 1.807) is 35.4 Å². The lowest BCUT2D eigenvalue weighted by atomic mass is 10.1. The van der Waals surface area contributed by atoms with Crippen LogP contribution in [0.5, 0.6) is 0 Å². The fraction of sp³-hybridized carbons (Fsp3) is 0.333. The minimum Gasteiger partial charge on any atom is -0.393 e. The topological polar surface area (TPSA) is 58.4 Å². The van der Waals surface area contributed by atoms with Gasteiger partial charge in [0, 0.05) is 19.3 Å². The van der Waals surface area contributed by atoms with E-state index < -0.39 is 0 Å². The standard InChI is InChI=1S/C15H16FN3O2/c16-12-3-1-2-4-14(12)19-10-7-13(17-19)15(21)18-8-5-11(20)6-9-18/h1-4,7,10-11,20H,5-6,8-9H2. The van der Waals surface area contributed by atoms with E-state index in [9.17, 15) is 14.3 Å². The fourth-order valence-electron chi connectivity index (χ4n) is 2.44. The first-order valence-electron chi connectivity index (χ1n) is 6.93. The van der Waals surface area contributed by atoms with E-state index in [2.05, 4.69) is 5.10 Å². The SMILES string of the molecule is O=C(c1ccn(-c2ccccc2F)n1)N1CCC(O)CC1. The van der Waals surface area contributed by atoms with Crippen molar-refractivity contribution in [3.05, 3.63) is 48.0 Å². The van der Waals surface area contributed by atoms with Gasteiger partial charge in [-0.2, -0.15) is 5.10 Å². The number of aliphatic hydroxyl groups excluding tert-OH is 1. The summed E-state index contributed by atoms with van der Waals surface area (Å²) in [5, 5.41) is 13.6. The van der Waals surface area contributed by atoms with E-state index in [-0.39, 0.29) is 23.5 Å². The second kappa shape index (κ2) is 5.65. The van der Waals surface area contributed by atoms with Gasteiger partial charge in [0.25, 0.3) is 5.91 Å². The maximum atomic E-state index is 13.7. The van der Waals surface area contributed by atoms with Crippen molar-refractivity contribution >= 4 is 5.91 Å². The molecule has 0 unspecified atom stereocenters. The summed E-state index contributed by atoms with van der Waals surface area (Å²) in [6.07, 6.45) is 2.41. The largest absolute Gasteiger partial charge is 0.393 e. The molecule has 21 heavy (non-hydrogen) atoms. The molecule has 110 valence electrons. The van der Waals surface area contributed by atoms with Crippen LogP contribution in [-0.2, 0) is 0 Å². The molecular formula is C15H16FN3O2. The Morgan fingerprint density at radius 1 is 1.24 bits per heavy atom. The Hall–Kier alpha value is -2.21. The van der Waals surface area contributed by atoms with Crippen LogP contribution in [0.15, 0.2) is 36.5 Å². The molecule has 1 saturated heterocycles. The summed E-state index contributed by atoms with van der Waals surface area (Å²) < 4.78 is 15.1. The predicted molar refractivity (Wildman–Crippen MR) is 74.7 cm³/mol. The lowest BCUT2D eigenvalue weighted by Gasteiger charge is -2.28. The molecular weight excluding hydrogens is 273 g/mol. The molecule has 1 amide bonds. The Kier molecular flexibility index (Phi) is 3.70. The van der Waals surface area contributed by atoms with E-state index in [0.29, 0.717) is 31.6 Å². The van der Waals surface area contributed by atoms with Gasteiger partial charge in [0.1, 0.15) is 11.5 Å². The van der Waals surface area contributed by atoms with Gasteiger partial charge in [0.15, 0.2) is 5.69 Å². The number of amides is 1. The fourth-order valence-corrected chi connectivity index (χ4v) is 2.44. The number of carbonyl (C=O) groups excluding carboxylic acids is 1. The van der Waals surface area contributed by atoms with Crippen molar-refractivity contribution in [2.24, 2.45) is 0 Å². The van der Waals surface area contributed by atoms with Crippen molar-refractivity contribution in [2.75, 3.05) is 13.1 Å². The van der Waals surface area contributed by atoms with E-state index in [1.807, 2.05) is 0 Å². The third-order valence-electron chi connectivity index (χ3n) is 3.66. The van der Waals surface area contributed by atoms with Crippen molar-refractivity contribution < 1.29 is 14.3 Å². The summed E-state index contributed by atoms with van der Waals surface area (Å²) >= 11 is 0. The molecule has 1 aliphatic rings. The summed E-state index contributed by atoms with van der Waals surface area (Å²) in [6, 6.07) is 7.86. The molecule has 1 aromatic carbocycles. The summed E-state index contributed by atoms with van der Waals surface area (Å²) in [7, 11) is 0. The first-order chi connectivity index (χ1) is 10.1. The normalized spacial score (nSPS) is 16.2. The van der Waals surface area contributed by atoms with Gasteiger partial charge in [-0.3, -0.25) is 4.79 Å². The Morgan fingerprint density at radius 3 is 2.67 bits per heavy atom. The lowest BCUT2D eigenvalue weighted by Crippen LogP contribution is -2.40. The van der Waals surface area contributed by atoms with Crippen LogP contribution in [0.1, 0.15) is 23.3 Å². The first-order valence-corrected chi connectivity index (χ1v) is 6.93. The van der Waals surface area contributed by atoms with Crippen LogP contribution in [0, 0.1) is 5.82 Å². The predicted octanol–water partition coefficient (Wildman–Crippen LogP) is 1.61. The highest BCUT2D eigenvalue weighted by Crippen LogP contribution is 2.15. The molecule has 0 bridgehead atoms. The molecule has 0 atom stereocenters. The molecule has 2 aromatic rings. The second-order valence-electron chi connectivity index (χ2n) is 5.12. The van der Waals surface area contributed by atoms with Crippen LogP contribution < -0.4 is 0 Å². The summed E-state index contributed by atoms with van der Waals surface area (Å²) in [4.78, 5) is 14.0. The third kappa shape index (κ3) is 2.80. The Labute approximate surface area is 121 Å². The van der Waals surface area contributed by atoms with Crippen LogP contribution in [0.2, 0.25) is 0 Å². The molecule has 2 heterocycles. The van der Waals surface area contributed by atoms with Crippen molar-refractivity contribution in [1.29, 1.82) is 0 Å². The van der Waals surface area contributed by atoms with Crippen LogP contribution in [0.4, 0.5) is 4.39 Å². The van der Waals surface area contributed by atoms with Crippen molar-refractivity contribution in [3.8, 4) is 5.69 Å². The monoisotopic (exact) mass is 289 g/mol. The average Bonchev–Trinajstić information content (AvgIpc) is 2.97. The number of aliphatic hydroxyl groups is 1. The Balaban J connectivity index is 1.79. The number of rotatable bonds is 2. The van der Waals surface area contributed by atoms with E-state index in [4.69, 9.17) is 0 Å². The number of para-hydroxylation sites is 1. The molecule has 1 fully saturated rings. The van der Waals surface area contributed by atoms with Gasteiger partial charge in [-0.15, -0.1) is 0 Å². The highest BCUT2D eigenvalue weighted by Gasteiger charge is 2.24. The minimum atomic E-state index is -0.388. The summed E-state index contributed by atoms with van der Waals surface area (Å²) in [6.45, 7) is 1.04. The smallest absolute Gasteiger partial charge is 0.274 e. The molecule has 5 nitrogen and oxygen atoms in total. The minimum absolute atomic E-state index is 0.183. The zero-order valence-corrected chi connectivity index (χ0v) is 11.4. The maximum Gasteiger partial charge on any atom is 0.274 e. The molecule has 1 aromatic heterocycles. The summed E-state index contributed by atoms with van der Waals surface area (Å²) in [5.74, 6) is -0.572. The number of piperidine rings is 1. The Morgan fingerprint density at radius 2 is 1.95 bits per heavy atom. The van der Waals surface area contributed by atoms with Crippen LogP contribution in [0.25, 0.3) is 5.69 Å². The maximum absolute atomic E-state index is 13.7. The number of hydrogen-bond acceptors (Lipinski definition) is 3.